The molecule has 5 fully saturated rings. The highest BCUT2D eigenvalue weighted by molar-refractivity contribution is 6.07. The Bertz CT molecular complexity index is 1860. The van der Waals surface area contributed by atoms with E-state index < -0.39 is 52.1 Å². The number of pyridine rings is 3. The zero-order valence-corrected chi connectivity index (χ0v) is 26.2. The van der Waals surface area contributed by atoms with E-state index in [9.17, 15) is 18.0 Å². The first-order chi connectivity index (χ1) is 21.5. The third kappa shape index (κ3) is 4.14. The molecule has 10 nitrogen and oxygen atoms in total. The number of carbonyl (C=O) groups excluding carboxylic acids is 1. The fourth-order valence-corrected chi connectivity index (χ4v) is 8.91. The molecule has 4 saturated heterocycles. The van der Waals surface area contributed by atoms with E-state index >= 15 is 4.39 Å². The zero-order valence-electron chi connectivity index (χ0n) is 26.2. The number of nitrogen functional groups attached to an aromatic ring is 1. The van der Waals surface area contributed by atoms with Crippen LogP contribution in [0.2, 0.25) is 0 Å². The molecule has 5 aliphatic heterocycles. The van der Waals surface area contributed by atoms with Crippen LogP contribution in [-0.4, -0.2) is 68.9 Å². The van der Waals surface area contributed by atoms with Gasteiger partial charge in [-0.3, -0.25) is 4.79 Å². The van der Waals surface area contributed by atoms with Gasteiger partial charge in [-0.25, -0.2) is 19.3 Å². The van der Waals surface area contributed by atoms with Crippen molar-refractivity contribution in [3.05, 3.63) is 34.4 Å². The molecular formula is C32H35F4N7O3. The monoisotopic (exact) mass is 641 g/mol. The summed E-state index contributed by atoms with van der Waals surface area (Å²) in [6.07, 6.45) is -2.33. The molecule has 244 valence electrons. The Hall–Kier alpha value is -3.78. The fraction of sp³-hybridized carbons (Fsp3) is 0.562. The lowest BCUT2D eigenvalue weighted by Gasteiger charge is -2.46. The molecule has 4 bridgehead atoms. The Morgan fingerprint density at radius 3 is 2.59 bits per heavy atom. The third-order valence-corrected chi connectivity index (χ3v) is 10.6. The van der Waals surface area contributed by atoms with Gasteiger partial charge in [0.1, 0.15) is 29.1 Å². The highest BCUT2D eigenvalue weighted by atomic mass is 19.4. The minimum absolute atomic E-state index is 0.00414. The molecule has 9 rings (SSSR count). The molecule has 1 amide bonds. The Balaban J connectivity index is 1.39. The summed E-state index contributed by atoms with van der Waals surface area (Å²) in [5.41, 5.74) is 2.26. The Kier molecular flexibility index (Phi) is 5.91. The maximum Gasteiger partial charge on any atom is 0.418 e. The van der Waals surface area contributed by atoms with Gasteiger partial charge in [0.15, 0.2) is 5.82 Å². The minimum atomic E-state index is -4.88. The quantitative estimate of drug-likeness (QED) is 0.352. The molecule has 1 aliphatic carbocycles. The first-order valence-corrected chi connectivity index (χ1v) is 15.6. The summed E-state index contributed by atoms with van der Waals surface area (Å²) in [6, 6.07) is 0.721. The molecule has 14 heteroatoms. The number of piperazine rings is 1. The van der Waals surface area contributed by atoms with Crippen LogP contribution in [0.25, 0.3) is 22.0 Å². The number of aryl methyl sites for hydroxylation is 2. The van der Waals surface area contributed by atoms with E-state index in [1.807, 2.05) is 13.8 Å². The Morgan fingerprint density at radius 1 is 1.17 bits per heavy atom. The number of hydrogen-bond acceptors (Lipinski definition) is 9. The van der Waals surface area contributed by atoms with E-state index in [0.717, 1.165) is 18.9 Å². The highest BCUT2D eigenvalue weighted by Gasteiger charge is 2.61. The van der Waals surface area contributed by atoms with Crippen LogP contribution in [0.5, 0.6) is 5.88 Å². The summed E-state index contributed by atoms with van der Waals surface area (Å²) in [6.45, 7) is 9.56. The largest absolute Gasteiger partial charge is 0.472 e. The van der Waals surface area contributed by atoms with E-state index in [-0.39, 0.29) is 57.0 Å². The normalized spacial score (nSPS) is 32.5. The predicted octanol–water partition coefficient (Wildman–Crippen LogP) is 4.58. The molecule has 3 aromatic heterocycles. The zero-order chi connectivity index (χ0) is 32.7. The summed E-state index contributed by atoms with van der Waals surface area (Å²) in [5, 5.41) is 6.94. The van der Waals surface area contributed by atoms with Gasteiger partial charge in [-0.05, 0) is 59.1 Å². The molecule has 4 atom stereocenters. The SMILES string of the molecule is Cc1nc(N)cc(-c2nc3c4c(nc(C(=O)NC56COC(C)(C5)C6)c(C)c4c2F)N2C[C@@]4(C)CC[C@H](N4)[C@H]2[C@H](C)O3)c1C(F)(F)F. The van der Waals surface area contributed by atoms with Gasteiger partial charge in [0.05, 0.1) is 40.4 Å². The number of alkyl halides is 3. The van der Waals surface area contributed by atoms with Crippen LogP contribution in [0.3, 0.4) is 0 Å². The van der Waals surface area contributed by atoms with E-state index in [1.54, 1.807) is 6.92 Å². The summed E-state index contributed by atoms with van der Waals surface area (Å²) in [5.74, 6) is -1.46. The lowest BCUT2D eigenvalue weighted by molar-refractivity contribution is -0.137. The molecule has 0 aromatic carbocycles. The van der Waals surface area contributed by atoms with Gasteiger partial charge >= 0.3 is 6.18 Å². The average molecular weight is 642 g/mol. The number of carbonyl (C=O) groups is 1. The van der Waals surface area contributed by atoms with Crippen molar-refractivity contribution < 1.29 is 31.8 Å². The summed E-state index contributed by atoms with van der Waals surface area (Å²) in [4.78, 5) is 29.3. The fourth-order valence-electron chi connectivity index (χ4n) is 8.91. The number of halogens is 4. The van der Waals surface area contributed by atoms with Crippen molar-refractivity contribution in [1.29, 1.82) is 0 Å². The first kappa shape index (κ1) is 29.6. The predicted molar refractivity (Wildman–Crippen MR) is 161 cm³/mol. The van der Waals surface area contributed by atoms with E-state index in [2.05, 4.69) is 32.4 Å². The number of aromatic nitrogens is 3. The number of fused-ring (bicyclic) bond motifs is 6. The lowest BCUT2D eigenvalue weighted by Crippen LogP contribution is -2.66. The molecule has 0 unspecified atom stereocenters. The second-order valence-electron chi connectivity index (χ2n) is 14.4. The number of nitrogens with zero attached hydrogens (tertiary/aromatic N) is 4. The van der Waals surface area contributed by atoms with E-state index in [1.165, 1.54) is 6.92 Å². The molecule has 0 spiro atoms. The number of ether oxygens (including phenoxy) is 2. The lowest BCUT2D eigenvalue weighted by atomic mass is 9.69. The van der Waals surface area contributed by atoms with Gasteiger partial charge in [0, 0.05) is 41.9 Å². The van der Waals surface area contributed by atoms with Crippen LogP contribution in [0, 0.1) is 19.7 Å². The second kappa shape index (κ2) is 9.18. The number of rotatable bonds is 3. The number of amides is 1. The summed E-state index contributed by atoms with van der Waals surface area (Å²) >= 11 is 0. The number of nitrogens with one attached hydrogen (secondary N) is 2. The van der Waals surface area contributed by atoms with Gasteiger partial charge in [0.25, 0.3) is 5.91 Å². The molecule has 8 heterocycles. The van der Waals surface area contributed by atoms with Crippen molar-refractivity contribution in [2.24, 2.45) is 0 Å². The molecule has 1 saturated carbocycles. The Labute approximate surface area is 262 Å². The van der Waals surface area contributed by atoms with E-state index in [0.29, 0.717) is 31.8 Å². The van der Waals surface area contributed by atoms with Gasteiger partial charge in [-0.15, -0.1) is 0 Å². The van der Waals surface area contributed by atoms with Gasteiger partial charge in [0.2, 0.25) is 5.88 Å². The molecule has 3 aromatic rings. The van der Waals surface area contributed by atoms with Gasteiger partial charge in [-0.1, -0.05) is 0 Å². The van der Waals surface area contributed by atoms with Crippen molar-refractivity contribution >= 4 is 28.3 Å². The average Bonchev–Trinajstić information content (AvgIpc) is 3.52. The molecule has 46 heavy (non-hydrogen) atoms. The minimum Gasteiger partial charge on any atom is -0.472 e. The van der Waals surface area contributed by atoms with Crippen LogP contribution in [0.4, 0.5) is 29.2 Å². The Morgan fingerprint density at radius 2 is 1.91 bits per heavy atom. The molecule has 0 radical (unpaired) electrons. The van der Waals surface area contributed by atoms with Crippen molar-refractivity contribution in [2.75, 3.05) is 23.8 Å². The third-order valence-electron chi connectivity index (χ3n) is 10.6. The topological polar surface area (TPSA) is 128 Å². The van der Waals surface area contributed by atoms with Crippen molar-refractivity contribution in [1.82, 2.24) is 25.6 Å². The van der Waals surface area contributed by atoms with Gasteiger partial charge in [-0.2, -0.15) is 13.2 Å². The van der Waals surface area contributed by atoms with E-state index in [4.69, 9.17) is 20.2 Å². The maximum atomic E-state index is 17.1. The van der Waals surface area contributed by atoms with Crippen LogP contribution < -0.4 is 26.0 Å². The van der Waals surface area contributed by atoms with Crippen LogP contribution >= 0.6 is 0 Å². The van der Waals surface area contributed by atoms with Crippen molar-refractivity contribution in [2.45, 2.75) is 101 Å². The van der Waals surface area contributed by atoms with Crippen LogP contribution in [0.1, 0.15) is 73.8 Å². The second-order valence-corrected chi connectivity index (χ2v) is 14.4. The standard InChI is InChI=1S/C32H35F4N7O3/c1-13-19-20-26(39-23(13)27(44)42-31-9-30(5,10-31)45-12-31)43-11-29(4)7-6-17(41-29)25(43)15(3)46-28(20)40-24(22(19)33)16-8-18(37)38-14(2)21(16)32(34,35)36/h8,15,17,25,41H,6-7,9-12H2,1-5H3,(H2,37,38)(H,42,44)/t15-,17-,25+,29+,30?,31?/m0/s1. The summed E-state index contributed by atoms with van der Waals surface area (Å²) in [7, 11) is 0. The molecule has 6 aliphatic rings. The molecular weight excluding hydrogens is 606 g/mol. The van der Waals surface area contributed by atoms with Crippen molar-refractivity contribution in [3.63, 3.8) is 0 Å². The number of nitrogens with two attached hydrogens (primary N) is 1. The van der Waals surface area contributed by atoms with Gasteiger partial charge < -0.3 is 30.7 Å². The smallest absolute Gasteiger partial charge is 0.418 e. The van der Waals surface area contributed by atoms with Crippen LogP contribution in [-0.2, 0) is 10.9 Å². The first-order valence-electron chi connectivity index (χ1n) is 15.6. The van der Waals surface area contributed by atoms with Crippen molar-refractivity contribution in [3.8, 4) is 17.1 Å². The highest BCUT2D eigenvalue weighted by Crippen LogP contribution is 2.52. The maximum absolute atomic E-state index is 17.1. The summed E-state index contributed by atoms with van der Waals surface area (Å²) < 4.78 is 72.7. The number of anilines is 2. The molecule has 4 N–H and O–H groups in total. The van der Waals surface area contributed by atoms with Crippen LogP contribution in [0.15, 0.2) is 6.07 Å². The number of hydrogen-bond donors (Lipinski definition) is 3.